The number of aromatic nitrogens is 1. The highest BCUT2D eigenvalue weighted by molar-refractivity contribution is 5.99. The minimum atomic E-state index is -0.628. The van der Waals surface area contributed by atoms with Crippen molar-refractivity contribution in [2.24, 2.45) is 5.92 Å². The van der Waals surface area contributed by atoms with Crippen molar-refractivity contribution >= 4 is 11.8 Å². The maximum absolute atomic E-state index is 14.0. The first-order valence-corrected chi connectivity index (χ1v) is 8.56. The zero-order chi connectivity index (χ0) is 19.6. The molecule has 2 atom stereocenters. The van der Waals surface area contributed by atoms with Crippen molar-refractivity contribution in [1.29, 1.82) is 0 Å². The molecule has 27 heavy (non-hydrogen) atoms. The molecule has 3 rings (SSSR count). The summed E-state index contributed by atoms with van der Waals surface area (Å²) in [4.78, 5) is 37.1. The molecular formula is C19H20FN3O4. The van der Waals surface area contributed by atoms with Gasteiger partial charge in [0, 0.05) is 37.4 Å². The van der Waals surface area contributed by atoms with E-state index >= 15 is 0 Å². The van der Waals surface area contributed by atoms with Crippen LogP contribution in [-0.2, 0) is 6.54 Å². The third-order valence-corrected chi connectivity index (χ3v) is 4.59. The maximum atomic E-state index is 14.0. The molecule has 1 aliphatic carbocycles. The Morgan fingerprint density at radius 1 is 1.30 bits per heavy atom. The van der Waals surface area contributed by atoms with E-state index in [1.54, 1.807) is 6.07 Å². The largest absolute Gasteiger partial charge is 0.396 e. The zero-order valence-electron chi connectivity index (χ0n) is 14.7. The number of nitrogens with zero attached hydrogens (tertiary/aromatic N) is 1. The van der Waals surface area contributed by atoms with Gasteiger partial charge < -0.3 is 20.3 Å². The summed E-state index contributed by atoms with van der Waals surface area (Å²) in [6.45, 7) is -0.124. The highest BCUT2D eigenvalue weighted by Crippen LogP contribution is 2.29. The summed E-state index contributed by atoms with van der Waals surface area (Å²) in [5.41, 5.74) is -0.430. The van der Waals surface area contributed by atoms with E-state index < -0.39 is 23.2 Å². The molecule has 1 fully saturated rings. The molecule has 0 aliphatic heterocycles. The zero-order valence-corrected chi connectivity index (χ0v) is 14.7. The van der Waals surface area contributed by atoms with Crippen LogP contribution in [0.1, 0.15) is 32.7 Å². The Bertz CT molecular complexity index is 941. The van der Waals surface area contributed by atoms with Crippen molar-refractivity contribution in [3.8, 4) is 0 Å². The van der Waals surface area contributed by atoms with E-state index in [4.69, 9.17) is 5.11 Å². The molecule has 2 amide bonds. The van der Waals surface area contributed by atoms with Crippen LogP contribution >= 0.6 is 0 Å². The number of amides is 2. The third kappa shape index (κ3) is 4.06. The summed E-state index contributed by atoms with van der Waals surface area (Å²) in [5.74, 6) is -1.54. The fourth-order valence-electron chi connectivity index (χ4n) is 2.86. The highest BCUT2D eigenvalue weighted by atomic mass is 19.1. The molecule has 1 aliphatic rings. The van der Waals surface area contributed by atoms with Crippen molar-refractivity contribution in [2.75, 3.05) is 13.7 Å². The molecule has 1 aromatic heterocycles. The fraction of sp³-hybridized carbons (Fsp3) is 0.316. The van der Waals surface area contributed by atoms with Gasteiger partial charge in [0.05, 0.1) is 12.1 Å². The number of nitrogens with one attached hydrogen (secondary N) is 2. The van der Waals surface area contributed by atoms with Crippen molar-refractivity contribution in [3.63, 3.8) is 0 Å². The van der Waals surface area contributed by atoms with E-state index in [-0.39, 0.29) is 41.8 Å². The first kappa shape index (κ1) is 18.8. The minimum absolute atomic E-state index is 0.0127. The summed E-state index contributed by atoms with van der Waals surface area (Å²) in [5, 5.41) is 14.2. The molecule has 0 bridgehead atoms. The number of rotatable bonds is 6. The molecule has 0 saturated heterocycles. The number of hydrogen-bond acceptors (Lipinski definition) is 4. The Morgan fingerprint density at radius 3 is 2.67 bits per heavy atom. The molecule has 2 aromatic rings. The molecule has 7 nitrogen and oxygen atoms in total. The van der Waals surface area contributed by atoms with E-state index in [2.05, 4.69) is 10.6 Å². The molecule has 1 saturated carbocycles. The van der Waals surface area contributed by atoms with Crippen molar-refractivity contribution < 1.29 is 19.1 Å². The Morgan fingerprint density at radius 2 is 2.04 bits per heavy atom. The summed E-state index contributed by atoms with van der Waals surface area (Å²) >= 11 is 0. The number of halogens is 1. The number of benzene rings is 1. The van der Waals surface area contributed by atoms with Crippen LogP contribution in [0.25, 0.3) is 0 Å². The van der Waals surface area contributed by atoms with Crippen LogP contribution in [0.4, 0.5) is 4.39 Å². The van der Waals surface area contributed by atoms with Gasteiger partial charge in [-0.15, -0.1) is 0 Å². The quantitative estimate of drug-likeness (QED) is 0.687. The monoisotopic (exact) mass is 373 g/mol. The molecule has 0 spiro atoms. The number of carbonyl (C=O) groups is 2. The van der Waals surface area contributed by atoms with Gasteiger partial charge in [0.2, 0.25) is 0 Å². The minimum Gasteiger partial charge on any atom is -0.396 e. The Hall–Kier alpha value is -3.00. The van der Waals surface area contributed by atoms with Crippen LogP contribution in [0.2, 0.25) is 0 Å². The van der Waals surface area contributed by atoms with E-state index in [1.165, 1.54) is 37.5 Å². The molecular weight excluding hydrogens is 353 g/mol. The van der Waals surface area contributed by atoms with Crippen LogP contribution in [0, 0.1) is 11.7 Å². The number of aliphatic hydroxyl groups excluding tert-OH is 1. The Balaban J connectivity index is 1.96. The second-order valence-corrected chi connectivity index (χ2v) is 6.50. The molecule has 3 N–H and O–H groups in total. The second-order valence-electron chi connectivity index (χ2n) is 6.50. The lowest BCUT2D eigenvalue weighted by molar-refractivity contribution is 0.0946. The fourth-order valence-corrected chi connectivity index (χ4v) is 2.86. The standard InChI is InChI=1S/C19H20FN3O4/c1-21-18(26)14-6-12(17(25)22-16-7-13(16)10-24)9-23(19(14)27)8-11-4-2-3-5-15(11)20/h2-6,9,13,16,24H,7-8,10H2,1H3,(H,21,26)(H,22,25)/t13-,16+/m1/s1. The lowest BCUT2D eigenvalue weighted by Crippen LogP contribution is -2.34. The van der Waals surface area contributed by atoms with Crippen LogP contribution < -0.4 is 16.2 Å². The number of pyridine rings is 1. The number of carbonyl (C=O) groups excluding carboxylic acids is 2. The summed E-state index contributed by atoms with van der Waals surface area (Å²) in [7, 11) is 1.38. The lowest BCUT2D eigenvalue weighted by Gasteiger charge is -2.12. The predicted octanol–water partition coefficient (Wildman–Crippen LogP) is 0.506. The molecule has 142 valence electrons. The Kier molecular flexibility index (Phi) is 5.36. The average molecular weight is 373 g/mol. The van der Waals surface area contributed by atoms with E-state index in [0.717, 1.165) is 4.57 Å². The van der Waals surface area contributed by atoms with Crippen molar-refractivity contribution in [3.05, 3.63) is 69.4 Å². The van der Waals surface area contributed by atoms with Crippen molar-refractivity contribution in [2.45, 2.75) is 19.0 Å². The third-order valence-electron chi connectivity index (χ3n) is 4.59. The normalized spacial score (nSPS) is 18.0. The maximum Gasteiger partial charge on any atom is 0.263 e. The molecule has 0 radical (unpaired) electrons. The van der Waals surface area contributed by atoms with Crippen LogP contribution in [0.5, 0.6) is 0 Å². The van der Waals surface area contributed by atoms with Crippen LogP contribution in [0.15, 0.2) is 41.3 Å². The van der Waals surface area contributed by atoms with Crippen LogP contribution in [-0.4, -0.2) is 41.2 Å². The van der Waals surface area contributed by atoms with Gasteiger partial charge >= 0.3 is 0 Å². The first-order chi connectivity index (χ1) is 12.9. The van der Waals surface area contributed by atoms with Gasteiger partial charge in [0.1, 0.15) is 11.4 Å². The molecule has 0 unspecified atom stereocenters. The first-order valence-electron chi connectivity index (χ1n) is 8.56. The average Bonchev–Trinajstić information content (AvgIpc) is 3.42. The Labute approximate surface area is 154 Å². The molecule has 8 heteroatoms. The summed E-state index contributed by atoms with van der Waals surface area (Å²) in [6.07, 6.45) is 1.99. The second kappa shape index (κ2) is 7.71. The highest BCUT2D eigenvalue weighted by Gasteiger charge is 2.37. The number of aliphatic hydroxyl groups is 1. The lowest BCUT2D eigenvalue weighted by atomic mass is 10.1. The van der Waals surface area contributed by atoms with E-state index in [0.29, 0.717) is 6.42 Å². The smallest absolute Gasteiger partial charge is 0.263 e. The molecule has 1 heterocycles. The SMILES string of the molecule is CNC(=O)c1cc(C(=O)N[C@H]2C[C@@H]2CO)cn(Cc2ccccc2F)c1=O. The number of hydrogen-bond donors (Lipinski definition) is 3. The van der Waals surface area contributed by atoms with Crippen LogP contribution in [0.3, 0.4) is 0 Å². The van der Waals surface area contributed by atoms with Gasteiger partial charge in [-0.25, -0.2) is 4.39 Å². The van der Waals surface area contributed by atoms with Crippen molar-refractivity contribution in [1.82, 2.24) is 15.2 Å². The van der Waals surface area contributed by atoms with Gasteiger partial charge in [0.15, 0.2) is 0 Å². The summed E-state index contributed by atoms with van der Waals surface area (Å²) < 4.78 is 15.1. The van der Waals surface area contributed by atoms with Gasteiger partial charge in [-0.3, -0.25) is 14.4 Å². The van der Waals surface area contributed by atoms with Gasteiger partial charge in [-0.05, 0) is 18.6 Å². The van der Waals surface area contributed by atoms with Gasteiger partial charge in [-0.2, -0.15) is 0 Å². The van der Waals surface area contributed by atoms with Gasteiger partial charge in [0.25, 0.3) is 17.4 Å². The van der Waals surface area contributed by atoms with Gasteiger partial charge in [-0.1, -0.05) is 18.2 Å². The predicted molar refractivity (Wildman–Crippen MR) is 96.0 cm³/mol. The summed E-state index contributed by atoms with van der Waals surface area (Å²) in [6, 6.07) is 7.09. The topological polar surface area (TPSA) is 100 Å². The molecule has 1 aromatic carbocycles. The van der Waals surface area contributed by atoms with E-state index in [9.17, 15) is 18.8 Å². The van der Waals surface area contributed by atoms with E-state index in [1.807, 2.05) is 0 Å².